The summed E-state index contributed by atoms with van der Waals surface area (Å²) in [6.45, 7) is 3.94. The molecule has 1 aliphatic heterocycles. The molecule has 192 valence electrons. The van der Waals surface area contributed by atoms with Gasteiger partial charge in [-0.15, -0.1) is 0 Å². The van der Waals surface area contributed by atoms with Crippen LogP contribution >= 0.6 is 11.6 Å². The van der Waals surface area contributed by atoms with Crippen molar-refractivity contribution in [1.29, 1.82) is 0 Å². The average molecular weight is 524 g/mol. The number of nitrogens with one attached hydrogen (secondary N) is 3. The van der Waals surface area contributed by atoms with Gasteiger partial charge in [-0.2, -0.15) is 4.98 Å². The highest BCUT2D eigenvalue weighted by Gasteiger charge is 2.31. The molecule has 4 rings (SSSR count). The third-order valence-electron chi connectivity index (χ3n) is 5.81. The quantitative estimate of drug-likeness (QED) is 0.343. The first-order valence-corrected chi connectivity index (χ1v) is 12.0. The number of nitrogens with zero attached hydrogens (tertiary/aromatic N) is 3. The fraction of sp³-hybridized carbons (Fsp3) is 0.231. The number of oxazole rings is 1. The number of aryl methyl sites for hydroxylation is 1. The molecule has 1 aliphatic rings. The Morgan fingerprint density at radius 1 is 1.35 bits per heavy atom. The van der Waals surface area contributed by atoms with E-state index >= 15 is 0 Å². The third kappa shape index (κ3) is 5.64. The highest BCUT2D eigenvalue weighted by molar-refractivity contribution is 6.31. The summed E-state index contributed by atoms with van der Waals surface area (Å²) in [4.78, 5) is 26.4. The first kappa shape index (κ1) is 25.9. The van der Waals surface area contributed by atoms with Gasteiger partial charge in [-0.25, -0.2) is 9.38 Å². The number of amides is 1. The number of para-hydroxylation sites is 1. The Morgan fingerprint density at radius 3 is 2.86 bits per heavy atom. The zero-order valence-corrected chi connectivity index (χ0v) is 21.4. The van der Waals surface area contributed by atoms with E-state index < -0.39 is 17.8 Å². The maximum absolute atomic E-state index is 13.8. The molecule has 1 atom stereocenters. The Balaban J connectivity index is 1.68. The lowest BCUT2D eigenvalue weighted by Gasteiger charge is -2.27. The van der Waals surface area contributed by atoms with Crippen molar-refractivity contribution in [3.8, 4) is 0 Å². The van der Waals surface area contributed by atoms with Gasteiger partial charge in [0.2, 0.25) is 5.96 Å². The van der Waals surface area contributed by atoms with Gasteiger partial charge in [0.15, 0.2) is 5.58 Å². The van der Waals surface area contributed by atoms with Crippen molar-refractivity contribution in [1.82, 2.24) is 15.6 Å². The number of aromatic nitrogens is 1. The summed E-state index contributed by atoms with van der Waals surface area (Å²) in [5.74, 6) is -0.590. The van der Waals surface area contributed by atoms with Crippen molar-refractivity contribution < 1.29 is 13.6 Å². The molecule has 3 aromatic rings. The van der Waals surface area contributed by atoms with E-state index in [1.54, 1.807) is 20.2 Å². The fourth-order valence-corrected chi connectivity index (χ4v) is 4.28. The minimum absolute atomic E-state index is 0.142. The predicted molar refractivity (Wildman–Crippen MR) is 144 cm³/mol. The second-order valence-electron chi connectivity index (χ2n) is 8.28. The molecule has 2 heterocycles. The van der Waals surface area contributed by atoms with E-state index in [9.17, 15) is 9.18 Å². The number of benzene rings is 2. The molecule has 5 N–H and O–H groups in total. The largest absolute Gasteiger partial charge is 0.423 e. The van der Waals surface area contributed by atoms with Crippen LogP contribution in [0.25, 0.3) is 11.1 Å². The van der Waals surface area contributed by atoms with Gasteiger partial charge in [-0.3, -0.25) is 15.1 Å². The molecular weight excluding hydrogens is 497 g/mol. The van der Waals surface area contributed by atoms with Crippen LogP contribution in [0.3, 0.4) is 0 Å². The van der Waals surface area contributed by atoms with Gasteiger partial charge in [-0.05, 0) is 37.1 Å². The predicted octanol–water partition coefficient (Wildman–Crippen LogP) is 4.23. The molecular formula is C26H27ClFN7O2. The molecule has 2 aromatic carbocycles. The standard InChI is InChI=1S/C26H27ClFN7O2/c1-4-16-6-5-7-20-23(16)37-26(33-20)35-25-32-14(2)21(24(36)31-13-15(11-29)12-30-3)22(34-25)18-9-8-17(28)10-19(18)27/h5-12,22H,4,13,29H2,1-3H3,(H,31,36)(H2,32,33,34,35). The van der Waals surface area contributed by atoms with Gasteiger partial charge in [0.1, 0.15) is 17.4 Å². The summed E-state index contributed by atoms with van der Waals surface area (Å²) in [5, 5.41) is 9.13. The van der Waals surface area contributed by atoms with Crippen LogP contribution in [-0.2, 0) is 11.2 Å². The van der Waals surface area contributed by atoms with Crippen molar-refractivity contribution in [2.45, 2.75) is 26.3 Å². The number of nitrogens with two attached hydrogens (primary N) is 1. The number of rotatable bonds is 7. The lowest BCUT2D eigenvalue weighted by molar-refractivity contribution is -0.117. The molecule has 37 heavy (non-hydrogen) atoms. The summed E-state index contributed by atoms with van der Waals surface area (Å²) < 4.78 is 19.7. The SMILES string of the molecule is CCc1cccc2nc(NC3=NC(c4ccc(F)cc4Cl)C(C(=O)NCC(C=NC)=CN)=C(C)N3)oc12. The van der Waals surface area contributed by atoms with Gasteiger partial charge in [0.05, 0.1) is 5.57 Å². The summed E-state index contributed by atoms with van der Waals surface area (Å²) in [5.41, 5.74) is 9.97. The summed E-state index contributed by atoms with van der Waals surface area (Å²) in [7, 11) is 1.61. The summed E-state index contributed by atoms with van der Waals surface area (Å²) in [6, 6.07) is 9.14. The van der Waals surface area contributed by atoms with Crippen LogP contribution in [0.2, 0.25) is 5.02 Å². The normalized spacial score (nSPS) is 16.2. The summed E-state index contributed by atoms with van der Waals surface area (Å²) in [6.07, 6.45) is 3.72. The monoisotopic (exact) mass is 523 g/mol. The molecule has 1 unspecified atom stereocenters. The number of halogens is 2. The first-order chi connectivity index (χ1) is 17.8. The second kappa shape index (κ2) is 11.3. The number of carbonyl (C=O) groups is 1. The van der Waals surface area contributed by atoms with E-state index in [0.717, 1.165) is 12.0 Å². The van der Waals surface area contributed by atoms with E-state index in [2.05, 4.69) is 25.9 Å². The lowest BCUT2D eigenvalue weighted by Crippen LogP contribution is -2.39. The minimum atomic E-state index is -0.836. The van der Waals surface area contributed by atoms with Crippen LogP contribution < -0.4 is 21.7 Å². The number of hydrogen-bond donors (Lipinski definition) is 4. The maximum atomic E-state index is 13.8. The molecule has 1 amide bonds. The van der Waals surface area contributed by atoms with Crippen LogP contribution in [0.15, 0.2) is 73.8 Å². The van der Waals surface area contributed by atoms with Crippen LogP contribution in [0.1, 0.15) is 31.0 Å². The fourth-order valence-electron chi connectivity index (χ4n) is 4.01. The minimum Gasteiger partial charge on any atom is -0.423 e. The van der Waals surface area contributed by atoms with Crippen molar-refractivity contribution in [3.63, 3.8) is 0 Å². The molecule has 0 aliphatic carbocycles. The molecule has 1 aromatic heterocycles. The molecule has 0 spiro atoms. The third-order valence-corrected chi connectivity index (χ3v) is 6.14. The Labute approximate surface area is 218 Å². The number of aliphatic imine (C=N–C) groups is 2. The molecule has 0 bridgehead atoms. The second-order valence-corrected chi connectivity index (χ2v) is 8.69. The van der Waals surface area contributed by atoms with E-state index in [-0.39, 0.29) is 17.6 Å². The molecule has 0 fully saturated rings. The summed E-state index contributed by atoms with van der Waals surface area (Å²) >= 11 is 6.39. The maximum Gasteiger partial charge on any atom is 0.302 e. The Hall–Kier alpha value is -4.18. The smallest absolute Gasteiger partial charge is 0.302 e. The number of allylic oxidation sites excluding steroid dienone is 1. The van der Waals surface area contributed by atoms with Gasteiger partial charge in [0, 0.05) is 47.9 Å². The highest BCUT2D eigenvalue weighted by atomic mass is 35.5. The van der Waals surface area contributed by atoms with Gasteiger partial charge in [-0.1, -0.05) is 36.7 Å². The zero-order chi connectivity index (χ0) is 26.5. The Bertz CT molecular complexity index is 1460. The van der Waals surface area contributed by atoms with E-state index in [1.807, 2.05) is 25.1 Å². The Morgan fingerprint density at radius 2 is 2.16 bits per heavy atom. The van der Waals surface area contributed by atoms with Crippen molar-refractivity contribution in [2.24, 2.45) is 15.7 Å². The van der Waals surface area contributed by atoms with Crippen LogP contribution in [0, 0.1) is 5.82 Å². The average Bonchev–Trinajstić information content (AvgIpc) is 3.28. The first-order valence-electron chi connectivity index (χ1n) is 11.6. The molecule has 0 saturated heterocycles. The lowest BCUT2D eigenvalue weighted by atomic mass is 9.95. The number of fused-ring (bicyclic) bond motifs is 1. The van der Waals surface area contributed by atoms with E-state index in [1.165, 1.54) is 24.4 Å². The van der Waals surface area contributed by atoms with Crippen LogP contribution in [-0.4, -0.2) is 36.7 Å². The van der Waals surface area contributed by atoms with Crippen molar-refractivity contribution in [2.75, 3.05) is 18.9 Å². The van der Waals surface area contributed by atoms with Crippen molar-refractivity contribution >= 4 is 46.8 Å². The van der Waals surface area contributed by atoms with E-state index in [4.69, 9.17) is 26.7 Å². The zero-order valence-electron chi connectivity index (χ0n) is 20.6. The van der Waals surface area contributed by atoms with E-state index in [0.29, 0.717) is 39.5 Å². The van der Waals surface area contributed by atoms with Gasteiger partial charge in [0.25, 0.3) is 5.91 Å². The molecule has 0 radical (unpaired) electrons. The number of carbonyl (C=O) groups excluding carboxylic acids is 1. The van der Waals surface area contributed by atoms with Gasteiger partial charge < -0.3 is 20.8 Å². The number of guanidine groups is 1. The molecule has 0 saturated carbocycles. The number of anilines is 1. The van der Waals surface area contributed by atoms with Gasteiger partial charge >= 0.3 is 6.01 Å². The van der Waals surface area contributed by atoms with Crippen molar-refractivity contribution in [3.05, 3.63) is 81.4 Å². The van der Waals surface area contributed by atoms with Crippen LogP contribution in [0.5, 0.6) is 0 Å². The van der Waals surface area contributed by atoms with Crippen LogP contribution in [0.4, 0.5) is 10.4 Å². The highest BCUT2D eigenvalue weighted by Crippen LogP contribution is 2.35. The molecule has 9 nitrogen and oxygen atoms in total. The molecule has 11 heteroatoms. The topological polar surface area (TPSA) is 130 Å². The number of hydrogen-bond acceptors (Lipinski definition) is 8. The Kier molecular flexibility index (Phi) is 7.88.